The molecule has 30 heavy (non-hydrogen) atoms. The van der Waals surface area contributed by atoms with E-state index in [1.165, 1.54) is 11.0 Å². The predicted octanol–water partition coefficient (Wildman–Crippen LogP) is 0.430. The Morgan fingerprint density at radius 1 is 1.37 bits per heavy atom. The van der Waals surface area contributed by atoms with Crippen LogP contribution in [-0.2, 0) is 14.3 Å². The van der Waals surface area contributed by atoms with Crippen molar-refractivity contribution in [3.05, 3.63) is 29.2 Å². The molecule has 0 spiro atoms. The van der Waals surface area contributed by atoms with Gasteiger partial charge in [-0.05, 0) is 24.1 Å². The number of nitrogens with zero attached hydrogens (tertiary/aromatic N) is 3. The van der Waals surface area contributed by atoms with Crippen molar-refractivity contribution < 1.29 is 28.6 Å². The summed E-state index contributed by atoms with van der Waals surface area (Å²) in [7, 11) is 0. The Morgan fingerprint density at radius 2 is 2.10 bits per heavy atom. The number of amides is 3. The topological polar surface area (TPSA) is 125 Å². The average Bonchev–Trinajstić information content (AvgIpc) is 3.23. The number of benzene rings is 1. The van der Waals surface area contributed by atoms with Crippen molar-refractivity contribution >= 4 is 29.3 Å². The summed E-state index contributed by atoms with van der Waals surface area (Å²) in [6, 6.07) is 4.12. The van der Waals surface area contributed by atoms with Gasteiger partial charge in [-0.3, -0.25) is 14.5 Å². The van der Waals surface area contributed by atoms with Crippen LogP contribution in [-0.4, -0.2) is 73.0 Å². The van der Waals surface area contributed by atoms with Crippen molar-refractivity contribution in [3.63, 3.8) is 0 Å². The van der Waals surface area contributed by atoms with E-state index in [0.717, 1.165) is 6.92 Å². The number of aliphatic hydroxyl groups excluding tert-OH is 1. The highest BCUT2D eigenvalue weighted by Crippen LogP contribution is 2.31. The number of hydrogen-bond donors (Lipinski definition) is 2. The number of anilines is 2. The first-order chi connectivity index (χ1) is 14.2. The third kappa shape index (κ3) is 4.62. The monoisotopic (exact) mass is 423 g/mol. The quantitative estimate of drug-likeness (QED) is 0.636. The van der Waals surface area contributed by atoms with Crippen LogP contribution in [0.15, 0.2) is 18.2 Å². The summed E-state index contributed by atoms with van der Waals surface area (Å²) in [6.07, 6.45) is -1.51. The summed E-state index contributed by atoms with van der Waals surface area (Å²) < 4.78 is 19.9. The zero-order valence-electron chi connectivity index (χ0n) is 16.7. The van der Waals surface area contributed by atoms with Crippen LogP contribution < -0.4 is 15.1 Å². The molecule has 10 nitrogen and oxygen atoms in total. The normalized spacial score (nSPS) is 23.5. The first kappa shape index (κ1) is 21.8. The second kappa shape index (κ2) is 8.84. The lowest BCUT2D eigenvalue weighted by molar-refractivity contribution is -0.127. The molecule has 2 aliphatic heterocycles. The van der Waals surface area contributed by atoms with Crippen LogP contribution in [0.4, 0.5) is 20.6 Å². The Hall–Kier alpha value is -2.92. The summed E-state index contributed by atoms with van der Waals surface area (Å²) in [4.78, 5) is 37.6. The first-order valence-electron chi connectivity index (χ1n) is 9.57. The maximum Gasteiger partial charge on any atom is 0.414 e. The minimum atomic E-state index is -0.794. The lowest BCUT2D eigenvalue weighted by atomic mass is 10.1. The van der Waals surface area contributed by atoms with E-state index in [1.807, 2.05) is 6.92 Å². The molecular weight excluding hydrogens is 399 g/mol. The Kier molecular flexibility index (Phi) is 6.42. The summed E-state index contributed by atoms with van der Waals surface area (Å²) in [5.41, 5.74) is 0.610. The zero-order valence-corrected chi connectivity index (χ0v) is 16.7. The number of hydroxylamine groups is 2. The van der Waals surface area contributed by atoms with Gasteiger partial charge in [-0.25, -0.2) is 9.18 Å². The van der Waals surface area contributed by atoms with E-state index in [9.17, 15) is 24.0 Å². The van der Waals surface area contributed by atoms with Crippen molar-refractivity contribution in [2.75, 3.05) is 42.6 Å². The number of halogens is 1. The molecule has 2 aliphatic rings. The van der Waals surface area contributed by atoms with Gasteiger partial charge in [-0.15, -0.1) is 0 Å². The van der Waals surface area contributed by atoms with Gasteiger partial charge in [-0.2, -0.15) is 0 Å². The van der Waals surface area contributed by atoms with Gasteiger partial charge >= 0.3 is 6.09 Å². The van der Waals surface area contributed by atoms with Crippen LogP contribution in [0, 0.1) is 16.9 Å². The lowest BCUT2D eigenvalue weighted by Gasteiger charge is -2.28. The maximum atomic E-state index is 14.8. The SMILES string of the molecule is CC(=O)N([O-])C[C@@H]1CN(c2ccc(N3C[C@H](C)[C@H](NC(=O)CO)C3)c(F)c2)C(=O)O1. The smallest absolute Gasteiger partial charge is 0.414 e. The van der Waals surface area contributed by atoms with E-state index in [-0.39, 0.29) is 35.8 Å². The number of carbonyl (C=O) groups is 3. The van der Waals surface area contributed by atoms with Crippen LogP contribution in [0.25, 0.3) is 0 Å². The summed E-state index contributed by atoms with van der Waals surface area (Å²) in [5, 5.41) is 23.3. The van der Waals surface area contributed by atoms with Crippen molar-refractivity contribution in [2.45, 2.75) is 26.0 Å². The molecule has 0 saturated carbocycles. The Balaban J connectivity index is 1.68. The fourth-order valence-corrected chi connectivity index (χ4v) is 3.66. The van der Waals surface area contributed by atoms with E-state index >= 15 is 0 Å². The number of cyclic esters (lactones) is 1. The van der Waals surface area contributed by atoms with Crippen LogP contribution >= 0.6 is 0 Å². The predicted molar refractivity (Wildman–Crippen MR) is 105 cm³/mol. The van der Waals surface area contributed by atoms with Crippen molar-refractivity contribution in [2.24, 2.45) is 5.92 Å². The standard InChI is InChI=1S/C19H24FN4O6/c1-11-6-22(9-16(11)21-18(27)10-25)17-4-3-13(5-15(17)20)23-7-14(30-19(23)28)8-24(29)12(2)26/h3-5,11,14,16,25H,6-10H2,1-2H3,(H,21,27)/q-1/t11-,14-,16+/m0/s1. The highest BCUT2D eigenvalue weighted by atomic mass is 19.1. The largest absolute Gasteiger partial charge is 0.756 e. The summed E-state index contributed by atoms with van der Waals surface area (Å²) >= 11 is 0. The second-order valence-corrected chi connectivity index (χ2v) is 7.55. The van der Waals surface area contributed by atoms with Gasteiger partial charge in [0, 0.05) is 26.6 Å². The molecule has 2 fully saturated rings. The van der Waals surface area contributed by atoms with Crippen molar-refractivity contribution in [1.82, 2.24) is 10.4 Å². The van der Waals surface area contributed by atoms with E-state index in [2.05, 4.69) is 5.32 Å². The maximum absolute atomic E-state index is 14.8. The van der Waals surface area contributed by atoms with Gasteiger partial charge in [-0.1, -0.05) is 6.92 Å². The number of aliphatic hydroxyl groups is 1. The zero-order chi connectivity index (χ0) is 22.0. The Morgan fingerprint density at radius 3 is 2.73 bits per heavy atom. The van der Waals surface area contributed by atoms with Gasteiger partial charge in [0.05, 0.1) is 24.0 Å². The van der Waals surface area contributed by atoms with Gasteiger partial charge in [0.1, 0.15) is 18.5 Å². The molecule has 1 aromatic rings. The van der Waals surface area contributed by atoms with Gasteiger partial charge in [0.2, 0.25) is 11.8 Å². The molecular formula is C19H24FN4O6-. The van der Waals surface area contributed by atoms with E-state index in [4.69, 9.17) is 9.84 Å². The number of hydrogen-bond acceptors (Lipinski definition) is 7. The van der Waals surface area contributed by atoms with Crippen molar-refractivity contribution in [3.8, 4) is 0 Å². The third-order valence-corrected chi connectivity index (χ3v) is 5.28. The lowest BCUT2D eigenvalue weighted by Crippen LogP contribution is -2.41. The van der Waals surface area contributed by atoms with Gasteiger partial charge in [0.25, 0.3) is 0 Å². The molecule has 3 amide bonds. The molecule has 164 valence electrons. The minimum absolute atomic E-state index is 0.0274. The highest BCUT2D eigenvalue weighted by Gasteiger charge is 2.35. The molecule has 0 radical (unpaired) electrons. The highest BCUT2D eigenvalue weighted by molar-refractivity contribution is 5.90. The number of ether oxygens (including phenoxy) is 1. The molecule has 0 bridgehead atoms. The Labute approximate surface area is 172 Å². The molecule has 3 rings (SSSR count). The number of carbonyl (C=O) groups excluding carboxylic acids is 3. The fraction of sp³-hybridized carbons (Fsp3) is 0.526. The van der Waals surface area contributed by atoms with Crippen LogP contribution in [0.3, 0.4) is 0 Å². The van der Waals surface area contributed by atoms with E-state index in [1.54, 1.807) is 17.0 Å². The van der Waals surface area contributed by atoms with Crippen LogP contribution in [0.2, 0.25) is 0 Å². The van der Waals surface area contributed by atoms with Crippen LogP contribution in [0.5, 0.6) is 0 Å². The molecule has 11 heteroatoms. The molecule has 3 atom stereocenters. The number of nitrogens with one attached hydrogen (secondary N) is 1. The molecule has 2 saturated heterocycles. The molecule has 0 aliphatic carbocycles. The molecule has 2 heterocycles. The molecule has 2 N–H and O–H groups in total. The molecule has 1 aromatic carbocycles. The fourth-order valence-electron chi connectivity index (χ4n) is 3.66. The number of rotatable bonds is 6. The minimum Gasteiger partial charge on any atom is -0.756 e. The Bertz CT molecular complexity index is 837. The van der Waals surface area contributed by atoms with Crippen LogP contribution in [0.1, 0.15) is 13.8 Å². The molecule has 0 unspecified atom stereocenters. The second-order valence-electron chi connectivity index (χ2n) is 7.55. The average molecular weight is 423 g/mol. The van der Waals surface area contributed by atoms with E-state index < -0.39 is 36.4 Å². The third-order valence-electron chi connectivity index (χ3n) is 5.28. The summed E-state index contributed by atoms with van der Waals surface area (Å²) in [6.45, 7) is 3.09. The van der Waals surface area contributed by atoms with Gasteiger partial charge in [0.15, 0.2) is 0 Å². The van der Waals surface area contributed by atoms with Gasteiger partial charge < -0.3 is 30.3 Å². The summed E-state index contributed by atoms with van der Waals surface area (Å²) in [5.74, 6) is -1.65. The van der Waals surface area contributed by atoms with Crippen molar-refractivity contribution in [1.29, 1.82) is 0 Å². The first-order valence-corrected chi connectivity index (χ1v) is 9.57. The van der Waals surface area contributed by atoms with E-state index in [0.29, 0.717) is 18.8 Å². The molecule has 0 aromatic heterocycles.